The molecule has 3 aromatic heterocycles. The monoisotopic (exact) mass is 278 g/mol. The van der Waals surface area contributed by atoms with Crippen molar-refractivity contribution in [3.8, 4) is 21.5 Å². The van der Waals surface area contributed by atoms with Gasteiger partial charge in [0, 0.05) is 6.54 Å². The highest BCUT2D eigenvalue weighted by Crippen LogP contribution is 2.31. The van der Waals surface area contributed by atoms with E-state index in [0.29, 0.717) is 18.3 Å². The van der Waals surface area contributed by atoms with Gasteiger partial charge in [-0.25, -0.2) is 4.98 Å². The zero-order chi connectivity index (χ0) is 12.5. The van der Waals surface area contributed by atoms with Crippen LogP contribution in [0.25, 0.3) is 21.5 Å². The number of rotatable bonds is 3. The van der Waals surface area contributed by atoms with Crippen LogP contribution in [0.2, 0.25) is 0 Å². The molecule has 0 spiro atoms. The molecule has 5 nitrogen and oxygen atoms in total. The molecule has 92 valence electrons. The van der Waals surface area contributed by atoms with Gasteiger partial charge in [-0.05, 0) is 18.4 Å². The Morgan fingerprint density at radius 2 is 2.28 bits per heavy atom. The lowest BCUT2D eigenvalue weighted by atomic mass is 10.4. The van der Waals surface area contributed by atoms with Crippen LogP contribution < -0.4 is 5.73 Å². The first-order valence-electron chi connectivity index (χ1n) is 5.32. The van der Waals surface area contributed by atoms with Gasteiger partial charge in [-0.2, -0.15) is 4.98 Å². The van der Waals surface area contributed by atoms with E-state index in [4.69, 9.17) is 10.3 Å². The van der Waals surface area contributed by atoms with E-state index in [2.05, 4.69) is 15.1 Å². The largest absolute Gasteiger partial charge is 0.333 e. The molecule has 0 bridgehead atoms. The van der Waals surface area contributed by atoms with E-state index in [0.717, 1.165) is 20.5 Å². The van der Waals surface area contributed by atoms with E-state index in [1.54, 1.807) is 11.3 Å². The van der Waals surface area contributed by atoms with Crippen LogP contribution in [0.15, 0.2) is 22.0 Å². The van der Waals surface area contributed by atoms with Gasteiger partial charge < -0.3 is 10.3 Å². The highest BCUT2D eigenvalue weighted by atomic mass is 32.1. The minimum absolute atomic E-state index is 0.428. The summed E-state index contributed by atoms with van der Waals surface area (Å²) in [6.45, 7) is 2.34. The molecule has 7 heteroatoms. The number of thiophene rings is 1. The predicted octanol–water partition coefficient (Wildman–Crippen LogP) is 2.69. The molecule has 18 heavy (non-hydrogen) atoms. The first-order valence-corrected chi connectivity index (χ1v) is 7.02. The summed E-state index contributed by atoms with van der Waals surface area (Å²) in [6, 6.07) is 3.92. The minimum atomic E-state index is 0.428. The van der Waals surface area contributed by atoms with Gasteiger partial charge in [-0.3, -0.25) is 0 Å². The van der Waals surface area contributed by atoms with Gasteiger partial charge in [0.2, 0.25) is 5.82 Å². The lowest BCUT2D eigenvalue weighted by molar-refractivity contribution is 0.433. The van der Waals surface area contributed by atoms with E-state index < -0.39 is 0 Å². The zero-order valence-electron chi connectivity index (χ0n) is 9.58. The standard InChI is InChI=1S/C11H10N4OS2/c1-6-9(18-8(5-12)13-6)11-14-10(15-16-11)7-3-2-4-17-7/h2-4H,5,12H2,1H3. The molecule has 2 N–H and O–H groups in total. The van der Waals surface area contributed by atoms with E-state index in [1.807, 2.05) is 24.4 Å². The fourth-order valence-corrected chi connectivity index (χ4v) is 3.07. The maximum absolute atomic E-state index is 5.58. The Balaban J connectivity index is 2.00. The second-order valence-electron chi connectivity index (χ2n) is 3.63. The summed E-state index contributed by atoms with van der Waals surface area (Å²) in [4.78, 5) is 10.6. The van der Waals surface area contributed by atoms with Crippen LogP contribution in [0.4, 0.5) is 0 Å². The van der Waals surface area contributed by atoms with Gasteiger partial charge in [-0.1, -0.05) is 11.2 Å². The van der Waals surface area contributed by atoms with Crippen molar-refractivity contribution in [1.29, 1.82) is 0 Å². The van der Waals surface area contributed by atoms with Gasteiger partial charge in [0.05, 0.1) is 10.6 Å². The molecular weight excluding hydrogens is 268 g/mol. The molecule has 0 aliphatic carbocycles. The van der Waals surface area contributed by atoms with Crippen molar-refractivity contribution in [2.45, 2.75) is 13.5 Å². The van der Waals surface area contributed by atoms with E-state index in [9.17, 15) is 0 Å². The number of thiazole rings is 1. The van der Waals surface area contributed by atoms with Gasteiger partial charge in [0.25, 0.3) is 5.89 Å². The van der Waals surface area contributed by atoms with Crippen LogP contribution in [0.3, 0.4) is 0 Å². The number of hydrogen-bond donors (Lipinski definition) is 1. The van der Waals surface area contributed by atoms with Crippen molar-refractivity contribution in [3.63, 3.8) is 0 Å². The van der Waals surface area contributed by atoms with Crippen molar-refractivity contribution in [3.05, 3.63) is 28.2 Å². The Kier molecular flexibility index (Phi) is 2.94. The molecule has 3 aromatic rings. The third kappa shape index (κ3) is 1.96. The minimum Gasteiger partial charge on any atom is -0.333 e. The highest BCUT2D eigenvalue weighted by molar-refractivity contribution is 7.15. The maximum Gasteiger partial charge on any atom is 0.270 e. The summed E-state index contributed by atoms with van der Waals surface area (Å²) >= 11 is 3.08. The summed E-state index contributed by atoms with van der Waals surface area (Å²) in [5.74, 6) is 1.12. The van der Waals surface area contributed by atoms with Crippen LogP contribution in [0, 0.1) is 6.92 Å². The number of nitrogens with two attached hydrogens (primary N) is 1. The molecule has 0 amide bonds. The fourth-order valence-electron chi connectivity index (χ4n) is 1.56. The lowest BCUT2D eigenvalue weighted by Gasteiger charge is -1.87. The Morgan fingerprint density at radius 1 is 1.39 bits per heavy atom. The quantitative estimate of drug-likeness (QED) is 0.797. The molecular formula is C11H10N4OS2. The molecule has 0 aliphatic rings. The summed E-state index contributed by atoms with van der Waals surface area (Å²) in [6.07, 6.45) is 0. The van der Waals surface area contributed by atoms with E-state index >= 15 is 0 Å². The lowest BCUT2D eigenvalue weighted by Crippen LogP contribution is -1.94. The van der Waals surface area contributed by atoms with Gasteiger partial charge in [-0.15, -0.1) is 22.7 Å². The second kappa shape index (κ2) is 4.60. The third-order valence-corrected chi connectivity index (χ3v) is 4.41. The highest BCUT2D eigenvalue weighted by Gasteiger charge is 2.16. The first kappa shape index (κ1) is 11.5. The summed E-state index contributed by atoms with van der Waals surface area (Å²) in [5.41, 5.74) is 6.45. The Morgan fingerprint density at radius 3 is 2.94 bits per heavy atom. The van der Waals surface area contributed by atoms with Crippen molar-refractivity contribution in [2.24, 2.45) is 5.73 Å². The van der Waals surface area contributed by atoms with Crippen LogP contribution >= 0.6 is 22.7 Å². The maximum atomic E-state index is 5.58. The normalized spacial score (nSPS) is 11.0. The average molecular weight is 278 g/mol. The summed E-state index contributed by atoms with van der Waals surface area (Å²) in [5, 5.41) is 6.84. The molecule has 0 atom stereocenters. The third-order valence-electron chi connectivity index (χ3n) is 2.38. The van der Waals surface area contributed by atoms with Crippen molar-refractivity contribution in [1.82, 2.24) is 15.1 Å². The number of aryl methyl sites for hydroxylation is 1. The molecule has 0 radical (unpaired) electrons. The van der Waals surface area contributed by atoms with Crippen LogP contribution in [-0.4, -0.2) is 15.1 Å². The Labute approximate surface area is 111 Å². The van der Waals surface area contributed by atoms with Crippen LogP contribution in [-0.2, 0) is 6.54 Å². The number of nitrogens with zero attached hydrogens (tertiary/aromatic N) is 3. The Hall–Kier alpha value is -1.57. The zero-order valence-corrected chi connectivity index (χ0v) is 11.2. The molecule has 0 saturated heterocycles. The summed E-state index contributed by atoms with van der Waals surface area (Å²) < 4.78 is 5.29. The van der Waals surface area contributed by atoms with Crippen molar-refractivity contribution in [2.75, 3.05) is 0 Å². The molecule has 0 fully saturated rings. The van der Waals surface area contributed by atoms with Crippen LogP contribution in [0.5, 0.6) is 0 Å². The van der Waals surface area contributed by atoms with Crippen molar-refractivity contribution >= 4 is 22.7 Å². The molecule has 3 heterocycles. The van der Waals surface area contributed by atoms with Gasteiger partial charge in [0.1, 0.15) is 9.88 Å². The second-order valence-corrected chi connectivity index (χ2v) is 5.66. The molecule has 3 rings (SSSR count). The fraction of sp³-hybridized carbons (Fsp3) is 0.182. The molecule has 0 unspecified atom stereocenters. The van der Waals surface area contributed by atoms with E-state index in [1.165, 1.54) is 11.3 Å². The topological polar surface area (TPSA) is 77.8 Å². The Bertz CT molecular complexity index is 656. The first-order chi connectivity index (χ1) is 8.78. The van der Waals surface area contributed by atoms with Gasteiger partial charge >= 0.3 is 0 Å². The van der Waals surface area contributed by atoms with E-state index in [-0.39, 0.29) is 0 Å². The molecule has 0 aromatic carbocycles. The number of hydrogen-bond acceptors (Lipinski definition) is 7. The number of aromatic nitrogens is 3. The van der Waals surface area contributed by atoms with Crippen LogP contribution in [0.1, 0.15) is 10.7 Å². The van der Waals surface area contributed by atoms with Crippen molar-refractivity contribution < 1.29 is 4.52 Å². The molecule has 0 saturated carbocycles. The smallest absolute Gasteiger partial charge is 0.270 e. The van der Waals surface area contributed by atoms with Gasteiger partial charge in [0.15, 0.2) is 0 Å². The average Bonchev–Trinajstić information content (AvgIpc) is 3.08. The summed E-state index contributed by atoms with van der Waals surface area (Å²) in [7, 11) is 0. The SMILES string of the molecule is Cc1nc(CN)sc1-c1nc(-c2cccs2)no1. The predicted molar refractivity (Wildman–Crippen MR) is 71.3 cm³/mol. The molecule has 0 aliphatic heterocycles.